The van der Waals surface area contributed by atoms with Gasteiger partial charge in [0, 0.05) is 11.8 Å². The average Bonchev–Trinajstić information content (AvgIpc) is 2.39. The second-order valence-electron chi connectivity index (χ2n) is 3.94. The lowest BCUT2D eigenvalue weighted by atomic mass is 10.1. The summed E-state index contributed by atoms with van der Waals surface area (Å²) in [7, 11) is 0. The van der Waals surface area contributed by atoms with Crippen molar-refractivity contribution in [1.29, 1.82) is 0 Å². The quantitative estimate of drug-likeness (QED) is 0.604. The number of nitrogens with zero attached hydrogens (tertiary/aromatic N) is 2. The lowest BCUT2D eigenvalue weighted by Gasteiger charge is -2.07. The van der Waals surface area contributed by atoms with Crippen LogP contribution >= 0.6 is 11.6 Å². The zero-order chi connectivity index (χ0) is 12.8. The highest BCUT2D eigenvalue weighted by atomic mass is 35.5. The summed E-state index contributed by atoms with van der Waals surface area (Å²) in [5.74, 6) is 0.857. The van der Waals surface area contributed by atoms with E-state index in [-0.39, 0.29) is 5.28 Å². The molecule has 1 aromatic carbocycles. The van der Waals surface area contributed by atoms with Gasteiger partial charge in [0.1, 0.15) is 5.75 Å². The van der Waals surface area contributed by atoms with Gasteiger partial charge in [-0.1, -0.05) is 25.5 Å². The van der Waals surface area contributed by atoms with Crippen molar-refractivity contribution in [3.8, 4) is 17.0 Å². The molecule has 0 aliphatic rings. The van der Waals surface area contributed by atoms with Gasteiger partial charge in [0.15, 0.2) is 0 Å². The van der Waals surface area contributed by atoms with E-state index in [2.05, 4.69) is 16.9 Å². The average molecular weight is 263 g/mol. The first kappa shape index (κ1) is 12.8. The molecule has 94 valence electrons. The third-order valence-corrected chi connectivity index (χ3v) is 2.70. The number of halogens is 1. The van der Waals surface area contributed by atoms with Crippen LogP contribution in [0, 0.1) is 0 Å². The summed E-state index contributed by atoms with van der Waals surface area (Å²) in [4.78, 5) is 8.05. The summed E-state index contributed by atoms with van der Waals surface area (Å²) < 4.78 is 5.66. The number of unbranched alkanes of at least 4 members (excludes halogenated alkanes) is 1. The Morgan fingerprint density at radius 1 is 1.28 bits per heavy atom. The number of rotatable bonds is 5. The zero-order valence-electron chi connectivity index (χ0n) is 10.3. The fraction of sp³-hybridized carbons (Fsp3) is 0.286. The molecule has 2 aromatic rings. The van der Waals surface area contributed by atoms with E-state index in [0.717, 1.165) is 36.5 Å². The Bertz CT molecular complexity index is 517. The van der Waals surface area contributed by atoms with E-state index in [1.807, 2.05) is 30.3 Å². The molecular formula is C14H15ClN2O. The molecular weight excluding hydrogens is 248 g/mol. The van der Waals surface area contributed by atoms with Crippen molar-refractivity contribution >= 4 is 11.6 Å². The molecule has 3 nitrogen and oxygen atoms in total. The fourth-order valence-electron chi connectivity index (χ4n) is 1.58. The van der Waals surface area contributed by atoms with E-state index in [4.69, 9.17) is 16.3 Å². The van der Waals surface area contributed by atoms with Gasteiger partial charge in [-0.25, -0.2) is 9.97 Å². The number of ether oxygens (including phenoxy) is 1. The summed E-state index contributed by atoms with van der Waals surface area (Å²) in [6.07, 6.45) is 3.83. The number of hydrogen-bond acceptors (Lipinski definition) is 3. The predicted molar refractivity (Wildman–Crippen MR) is 72.9 cm³/mol. The van der Waals surface area contributed by atoms with E-state index in [9.17, 15) is 0 Å². The number of hydrogen-bond donors (Lipinski definition) is 0. The molecule has 0 radical (unpaired) electrons. The van der Waals surface area contributed by atoms with Gasteiger partial charge in [-0.15, -0.1) is 0 Å². The normalized spacial score (nSPS) is 10.3. The molecule has 0 amide bonds. The summed E-state index contributed by atoms with van der Waals surface area (Å²) in [5, 5.41) is 0.254. The fourth-order valence-corrected chi connectivity index (χ4v) is 1.72. The summed E-state index contributed by atoms with van der Waals surface area (Å²) in [5.41, 5.74) is 1.78. The van der Waals surface area contributed by atoms with Crippen molar-refractivity contribution in [3.63, 3.8) is 0 Å². The van der Waals surface area contributed by atoms with Gasteiger partial charge < -0.3 is 4.74 Å². The van der Waals surface area contributed by atoms with Gasteiger partial charge in [-0.05, 0) is 36.2 Å². The van der Waals surface area contributed by atoms with E-state index in [1.54, 1.807) is 6.20 Å². The van der Waals surface area contributed by atoms with E-state index < -0.39 is 0 Å². The van der Waals surface area contributed by atoms with Crippen molar-refractivity contribution in [3.05, 3.63) is 41.8 Å². The second kappa shape index (κ2) is 6.36. The molecule has 2 rings (SSSR count). The molecule has 0 fully saturated rings. The Morgan fingerprint density at radius 3 is 2.94 bits per heavy atom. The minimum absolute atomic E-state index is 0.254. The van der Waals surface area contributed by atoms with Gasteiger partial charge in [0.2, 0.25) is 5.28 Å². The van der Waals surface area contributed by atoms with E-state index in [1.165, 1.54) is 0 Å². The third-order valence-electron chi connectivity index (χ3n) is 2.52. The van der Waals surface area contributed by atoms with Crippen LogP contribution in [0.4, 0.5) is 0 Å². The lowest BCUT2D eigenvalue weighted by Crippen LogP contribution is -1.96. The molecule has 0 atom stereocenters. The second-order valence-corrected chi connectivity index (χ2v) is 4.28. The monoisotopic (exact) mass is 262 g/mol. The van der Waals surface area contributed by atoms with Gasteiger partial charge in [0.05, 0.1) is 12.3 Å². The Hall–Kier alpha value is -1.61. The van der Waals surface area contributed by atoms with Crippen LogP contribution in [0.15, 0.2) is 36.5 Å². The van der Waals surface area contributed by atoms with Crippen molar-refractivity contribution in [2.24, 2.45) is 0 Å². The Kier molecular flexibility index (Phi) is 4.53. The van der Waals surface area contributed by atoms with Crippen LogP contribution in [0.3, 0.4) is 0 Å². The SMILES string of the molecule is CCCCOc1cccc(-c2ccnc(Cl)n2)c1. The first-order chi connectivity index (χ1) is 8.79. The minimum Gasteiger partial charge on any atom is -0.494 e. The topological polar surface area (TPSA) is 35.0 Å². The number of benzene rings is 1. The van der Waals surface area contributed by atoms with E-state index in [0.29, 0.717) is 0 Å². The molecule has 4 heteroatoms. The summed E-state index contributed by atoms with van der Waals surface area (Å²) in [6.45, 7) is 2.88. The van der Waals surface area contributed by atoms with Crippen LogP contribution in [0.5, 0.6) is 5.75 Å². The Balaban J connectivity index is 2.16. The Morgan fingerprint density at radius 2 is 2.17 bits per heavy atom. The van der Waals surface area contributed by atoms with Crippen molar-refractivity contribution in [1.82, 2.24) is 9.97 Å². The first-order valence-corrected chi connectivity index (χ1v) is 6.39. The third kappa shape index (κ3) is 3.44. The maximum atomic E-state index is 5.78. The van der Waals surface area contributed by atoms with Crippen molar-refractivity contribution in [2.45, 2.75) is 19.8 Å². The first-order valence-electron chi connectivity index (χ1n) is 6.01. The van der Waals surface area contributed by atoms with Gasteiger partial charge in [0.25, 0.3) is 0 Å². The van der Waals surface area contributed by atoms with Crippen LogP contribution in [-0.4, -0.2) is 16.6 Å². The molecule has 1 aromatic heterocycles. The smallest absolute Gasteiger partial charge is 0.222 e. The molecule has 1 heterocycles. The molecule has 0 unspecified atom stereocenters. The molecule has 0 saturated heterocycles. The van der Waals surface area contributed by atoms with Crippen molar-refractivity contribution < 1.29 is 4.74 Å². The van der Waals surface area contributed by atoms with Crippen LogP contribution in [0.25, 0.3) is 11.3 Å². The molecule has 0 aliphatic heterocycles. The zero-order valence-corrected chi connectivity index (χ0v) is 11.0. The minimum atomic E-state index is 0.254. The van der Waals surface area contributed by atoms with Gasteiger partial charge in [-0.2, -0.15) is 0 Å². The van der Waals surface area contributed by atoms with Crippen LogP contribution in [-0.2, 0) is 0 Å². The van der Waals surface area contributed by atoms with Gasteiger partial charge in [-0.3, -0.25) is 0 Å². The van der Waals surface area contributed by atoms with E-state index >= 15 is 0 Å². The maximum absolute atomic E-state index is 5.78. The van der Waals surface area contributed by atoms with Crippen LogP contribution in [0.2, 0.25) is 5.28 Å². The van der Waals surface area contributed by atoms with Crippen LogP contribution < -0.4 is 4.74 Å². The highest BCUT2D eigenvalue weighted by Crippen LogP contribution is 2.22. The predicted octanol–water partition coefficient (Wildman–Crippen LogP) is 3.98. The Labute approximate surface area is 112 Å². The summed E-state index contributed by atoms with van der Waals surface area (Å²) >= 11 is 5.78. The largest absolute Gasteiger partial charge is 0.494 e. The molecule has 0 N–H and O–H groups in total. The summed E-state index contributed by atoms with van der Waals surface area (Å²) in [6, 6.07) is 9.67. The standard InChI is InChI=1S/C14H15ClN2O/c1-2-3-9-18-12-6-4-5-11(10-12)13-7-8-16-14(15)17-13/h4-8,10H,2-3,9H2,1H3. The maximum Gasteiger partial charge on any atom is 0.222 e. The molecule has 0 bridgehead atoms. The molecule has 0 saturated carbocycles. The molecule has 18 heavy (non-hydrogen) atoms. The van der Waals surface area contributed by atoms with Crippen molar-refractivity contribution in [2.75, 3.05) is 6.61 Å². The lowest BCUT2D eigenvalue weighted by molar-refractivity contribution is 0.309. The number of aromatic nitrogens is 2. The molecule has 0 spiro atoms. The molecule has 0 aliphatic carbocycles. The highest BCUT2D eigenvalue weighted by molar-refractivity contribution is 6.28. The van der Waals surface area contributed by atoms with Gasteiger partial charge >= 0.3 is 0 Å². The van der Waals surface area contributed by atoms with Crippen LogP contribution in [0.1, 0.15) is 19.8 Å². The highest BCUT2D eigenvalue weighted by Gasteiger charge is 2.02.